The maximum atomic E-state index is 10.1. The second-order valence-electron chi connectivity index (χ2n) is 4.20. The zero-order valence-corrected chi connectivity index (χ0v) is 10.5. The normalized spacial score (nSPS) is 27.1. The molecule has 2 heterocycles. The molecule has 2 atom stereocenters. The molecule has 1 aromatic carbocycles. The fraction of sp³-hybridized carbons (Fsp3) is 0.273. The van der Waals surface area contributed by atoms with Crippen molar-refractivity contribution in [2.75, 3.05) is 0 Å². The van der Waals surface area contributed by atoms with Gasteiger partial charge < -0.3 is 5.11 Å². The Kier molecular flexibility index (Phi) is 2.38. The van der Waals surface area contributed by atoms with Crippen LogP contribution < -0.4 is 0 Å². The zero-order valence-electron chi connectivity index (χ0n) is 8.92. The second-order valence-corrected chi connectivity index (χ2v) is 4.91. The summed E-state index contributed by atoms with van der Waals surface area (Å²) in [5.41, 5.74) is -0.355. The van der Waals surface area contributed by atoms with Gasteiger partial charge in [-0.15, -0.1) is 5.10 Å². The summed E-state index contributed by atoms with van der Waals surface area (Å²) < 4.78 is 2.12. The van der Waals surface area contributed by atoms with Crippen molar-refractivity contribution in [2.45, 2.75) is 18.0 Å². The predicted molar refractivity (Wildman–Crippen MR) is 66.6 cm³/mol. The molecule has 2 radical (unpaired) electrons. The molecular weight excluding hydrogens is 281 g/mol. The van der Waals surface area contributed by atoms with Crippen LogP contribution in [0.4, 0.5) is 0 Å². The van der Waals surface area contributed by atoms with E-state index >= 15 is 0 Å². The van der Waals surface area contributed by atoms with Crippen LogP contribution in [0.2, 0.25) is 0 Å². The molecule has 0 bridgehead atoms. The van der Waals surface area contributed by atoms with E-state index in [1.807, 2.05) is 30.3 Å². The predicted octanol–water partition coefficient (Wildman–Crippen LogP) is 1.35. The first kappa shape index (κ1) is 11.0. The van der Waals surface area contributed by atoms with Gasteiger partial charge in [0.25, 0.3) is 0 Å². The lowest BCUT2D eigenvalue weighted by Crippen LogP contribution is -2.23. The first-order valence-corrected chi connectivity index (χ1v) is 6.06. The molecule has 0 saturated carbocycles. The molecule has 1 N–H and O–H groups in total. The van der Waals surface area contributed by atoms with E-state index in [-0.39, 0.29) is 6.04 Å². The van der Waals surface area contributed by atoms with Crippen molar-refractivity contribution < 1.29 is 5.11 Å². The summed E-state index contributed by atoms with van der Waals surface area (Å²) in [5.74, 6) is 0.401. The number of rotatable bonds is 1. The van der Waals surface area contributed by atoms with E-state index in [9.17, 15) is 5.11 Å². The van der Waals surface area contributed by atoms with E-state index in [0.29, 0.717) is 17.0 Å². The number of benzene rings is 1. The fourth-order valence-electron chi connectivity index (χ4n) is 2.22. The maximum Gasteiger partial charge on any atom is 0.217 e. The van der Waals surface area contributed by atoms with Crippen LogP contribution in [0.5, 0.6) is 0 Å². The molecule has 0 unspecified atom stereocenters. The van der Waals surface area contributed by atoms with Crippen molar-refractivity contribution in [3.05, 3.63) is 46.5 Å². The van der Waals surface area contributed by atoms with Crippen molar-refractivity contribution in [1.82, 2.24) is 14.8 Å². The minimum absolute atomic E-state index is 0.0694. The molecule has 1 aliphatic heterocycles. The molecule has 0 aliphatic carbocycles. The number of halogens is 1. The Morgan fingerprint density at radius 2 is 2.12 bits per heavy atom. The highest BCUT2D eigenvalue weighted by Gasteiger charge is 2.41. The summed E-state index contributed by atoms with van der Waals surface area (Å²) in [6.07, 6.45) is 0.389. The van der Waals surface area contributed by atoms with Gasteiger partial charge in [-0.05, 0) is 21.5 Å². The third-order valence-corrected chi connectivity index (χ3v) is 3.31. The summed E-state index contributed by atoms with van der Waals surface area (Å²) in [6.45, 7) is 0. The summed E-state index contributed by atoms with van der Waals surface area (Å²) in [6, 6.07) is 9.77. The van der Waals surface area contributed by atoms with Gasteiger partial charge in [0.05, 0.1) is 11.5 Å². The van der Waals surface area contributed by atoms with Gasteiger partial charge in [-0.3, -0.25) is 0 Å². The Morgan fingerprint density at radius 3 is 2.82 bits per heavy atom. The third-order valence-electron chi connectivity index (χ3n) is 2.98. The highest BCUT2D eigenvalue weighted by Crippen LogP contribution is 2.39. The SMILES string of the molecule is [B][C@]1(O)C[C@@H](c2ccccc2)n2nc(Br)nc21. The Hall–Kier alpha value is -1.14. The molecule has 0 fully saturated rings. The first-order chi connectivity index (χ1) is 8.08. The van der Waals surface area contributed by atoms with E-state index < -0.39 is 5.50 Å². The summed E-state index contributed by atoms with van der Waals surface area (Å²) in [5, 5.41) is 14.4. The Morgan fingerprint density at radius 1 is 1.41 bits per heavy atom. The van der Waals surface area contributed by atoms with E-state index in [0.717, 1.165) is 5.56 Å². The van der Waals surface area contributed by atoms with E-state index in [1.54, 1.807) is 4.68 Å². The quantitative estimate of drug-likeness (QED) is 0.806. The van der Waals surface area contributed by atoms with Gasteiger partial charge in [0.1, 0.15) is 7.85 Å². The zero-order chi connectivity index (χ0) is 12.0. The first-order valence-electron chi connectivity index (χ1n) is 5.27. The van der Waals surface area contributed by atoms with Gasteiger partial charge in [-0.1, -0.05) is 30.3 Å². The fourth-order valence-corrected chi connectivity index (χ4v) is 2.56. The molecular formula is C11H9BBrN3O. The molecule has 84 valence electrons. The number of fused-ring (bicyclic) bond motifs is 1. The highest BCUT2D eigenvalue weighted by atomic mass is 79.9. The molecule has 0 amide bonds. The number of hydrogen-bond donors (Lipinski definition) is 1. The van der Waals surface area contributed by atoms with Gasteiger partial charge in [0, 0.05) is 6.42 Å². The van der Waals surface area contributed by atoms with Crippen LogP contribution in [0, 0.1) is 0 Å². The Balaban J connectivity index is 2.11. The lowest BCUT2D eigenvalue weighted by molar-refractivity contribution is 0.122. The molecule has 1 aliphatic rings. The Bertz CT molecular complexity index is 555. The molecule has 6 heteroatoms. The smallest absolute Gasteiger partial charge is 0.217 e. The molecule has 2 aromatic rings. The van der Waals surface area contributed by atoms with Crippen LogP contribution in [0.25, 0.3) is 0 Å². The topological polar surface area (TPSA) is 50.9 Å². The van der Waals surface area contributed by atoms with Crippen LogP contribution in [0.1, 0.15) is 23.9 Å². The van der Waals surface area contributed by atoms with Gasteiger partial charge in [0.15, 0.2) is 5.82 Å². The van der Waals surface area contributed by atoms with Gasteiger partial charge in [-0.25, -0.2) is 9.67 Å². The summed E-state index contributed by atoms with van der Waals surface area (Å²) in [4.78, 5) is 4.11. The molecule has 0 saturated heterocycles. The largest absolute Gasteiger partial charge is 0.392 e. The van der Waals surface area contributed by atoms with Crippen molar-refractivity contribution in [3.8, 4) is 0 Å². The van der Waals surface area contributed by atoms with E-state index in [2.05, 4.69) is 26.0 Å². The van der Waals surface area contributed by atoms with Crippen LogP contribution in [0.3, 0.4) is 0 Å². The second kappa shape index (κ2) is 3.68. The number of nitrogens with zero attached hydrogens (tertiary/aromatic N) is 3. The average Bonchev–Trinajstić information content (AvgIpc) is 2.79. The minimum Gasteiger partial charge on any atom is -0.392 e. The van der Waals surface area contributed by atoms with Crippen molar-refractivity contribution in [3.63, 3.8) is 0 Å². The number of aromatic nitrogens is 3. The Labute approximate surface area is 108 Å². The van der Waals surface area contributed by atoms with Crippen LogP contribution in [-0.4, -0.2) is 27.7 Å². The van der Waals surface area contributed by atoms with Crippen molar-refractivity contribution in [1.29, 1.82) is 0 Å². The van der Waals surface area contributed by atoms with Gasteiger partial charge >= 0.3 is 0 Å². The molecule has 4 nitrogen and oxygen atoms in total. The molecule has 0 spiro atoms. The van der Waals surface area contributed by atoms with Crippen LogP contribution in [0.15, 0.2) is 35.1 Å². The lowest BCUT2D eigenvalue weighted by atomic mass is 9.78. The van der Waals surface area contributed by atoms with E-state index in [1.165, 1.54) is 0 Å². The lowest BCUT2D eigenvalue weighted by Gasteiger charge is -2.15. The number of hydrogen-bond acceptors (Lipinski definition) is 3. The summed E-state index contributed by atoms with van der Waals surface area (Å²) >= 11 is 3.20. The standard InChI is InChI=1S/C11H9BBrN3O/c12-11(17)6-8(7-4-2-1-3-5-7)16-9(11)14-10(13)15-16/h1-5,8,17H,6H2/t8-,11-/m0/s1. The maximum absolute atomic E-state index is 10.1. The van der Waals surface area contributed by atoms with Crippen LogP contribution >= 0.6 is 15.9 Å². The van der Waals surface area contributed by atoms with Crippen molar-refractivity contribution in [2.24, 2.45) is 0 Å². The molecule has 3 rings (SSSR count). The van der Waals surface area contributed by atoms with Gasteiger partial charge in [0.2, 0.25) is 4.73 Å². The average molecular weight is 290 g/mol. The van der Waals surface area contributed by atoms with Gasteiger partial charge in [-0.2, -0.15) is 0 Å². The molecule has 1 aromatic heterocycles. The minimum atomic E-state index is -1.42. The summed E-state index contributed by atoms with van der Waals surface area (Å²) in [7, 11) is 5.84. The van der Waals surface area contributed by atoms with E-state index in [4.69, 9.17) is 7.85 Å². The van der Waals surface area contributed by atoms with Crippen LogP contribution in [-0.2, 0) is 5.50 Å². The third kappa shape index (κ3) is 1.72. The molecule has 17 heavy (non-hydrogen) atoms. The number of aliphatic hydroxyl groups is 1. The van der Waals surface area contributed by atoms with Crippen molar-refractivity contribution >= 4 is 23.8 Å². The highest BCUT2D eigenvalue weighted by molar-refractivity contribution is 9.10. The monoisotopic (exact) mass is 289 g/mol.